The van der Waals surface area contributed by atoms with Gasteiger partial charge in [-0.1, -0.05) is 105 Å². The molecule has 66 heavy (non-hydrogen) atoms. The average Bonchev–Trinajstić information content (AvgIpc) is 4.00. The Labute approximate surface area is 383 Å². The van der Waals surface area contributed by atoms with Crippen LogP contribution in [-0.4, -0.2) is 34.8 Å². The van der Waals surface area contributed by atoms with Crippen molar-refractivity contribution in [2.45, 2.75) is 50.9 Å². The summed E-state index contributed by atoms with van der Waals surface area (Å²) in [7, 11) is 0. The second-order valence-corrected chi connectivity index (χ2v) is 18.4. The van der Waals surface area contributed by atoms with Gasteiger partial charge in [0.2, 0.25) is 0 Å². The minimum atomic E-state index is -0.203. The van der Waals surface area contributed by atoms with Crippen LogP contribution >= 0.6 is 0 Å². The molecule has 2 N–H and O–H groups in total. The lowest BCUT2D eigenvalue weighted by Crippen LogP contribution is -2.38. The van der Waals surface area contributed by atoms with Crippen LogP contribution < -0.4 is 16.4 Å². The molecule has 8 aromatic rings. The Hall–Kier alpha value is -7.97. The molecule has 0 bridgehead atoms. The Balaban J connectivity index is 0.978. The van der Waals surface area contributed by atoms with Crippen LogP contribution in [0.1, 0.15) is 62.4 Å². The maximum absolute atomic E-state index is 6.75. The first-order valence-electron chi connectivity index (χ1n) is 22.9. The van der Waals surface area contributed by atoms with E-state index in [0.717, 1.165) is 121 Å². The zero-order valence-corrected chi connectivity index (χ0v) is 37.1. The van der Waals surface area contributed by atoms with E-state index in [1.165, 1.54) is 11.1 Å². The van der Waals surface area contributed by atoms with Crippen LogP contribution in [0.2, 0.25) is 0 Å². The summed E-state index contributed by atoms with van der Waals surface area (Å²) in [6, 6.07) is 42.5. The van der Waals surface area contributed by atoms with Gasteiger partial charge in [-0.3, -0.25) is 19.1 Å². The van der Waals surface area contributed by atoms with E-state index in [2.05, 4.69) is 157 Å². The van der Waals surface area contributed by atoms with Gasteiger partial charge in [0, 0.05) is 34.0 Å². The molecule has 2 atom stereocenters. The summed E-state index contributed by atoms with van der Waals surface area (Å²) < 4.78 is 4.66. The molecule has 0 amide bonds. The van der Waals surface area contributed by atoms with Crippen LogP contribution in [0.25, 0.3) is 73.8 Å². The molecule has 4 aliphatic rings. The van der Waals surface area contributed by atoms with Crippen molar-refractivity contribution in [3.05, 3.63) is 209 Å². The average molecular weight is 857 g/mol. The molecule has 0 spiro atoms. The highest BCUT2D eigenvalue weighted by atomic mass is 15.1. The van der Waals surface area contributed by atoms with Crippen LogP contribution in [0.4, 0.5) is 0 Å². The third kappa shape index (κ3) is 6.63. The van der Waals surface area contributed by atoms with Crippen LogP contribution in [0, 0.1) is 5.92 Å². The minimum Gasteiger partial charge on any atom is -0.397 e. The molecular weight excluding hydrogens is 809 g/mol. The van der Waals surface area contributed by atoms with E-state index in [4.69, 9.17) is 30.7 Å². The first-order chi connectivity index (χ1) is 32.3. The second-order valence-electron chi connectivity index (χ2n) is 18.4. The number of nitrogens with two attached hydrogens (primary N) is 1. The van der Waals surface area contributed by atoms with Gasteiger partial charge in [-0.2, -0.15) is 0 Å². The molecule has 4 aliphatic carbocycles. The van der Waals surface area contributed by atoms with E-state index in [-0.39, 0.29) is 17.3 Å². The van der Waals surface area contributed by atoms with Crippen molar-refractivity contribution in [2.75, 3.05) is 0 Å². The highest BCUT2D eigenvalue weighted by molar-refractivity contribution is 6.09. The molecule has 5 aromatic carbocycles. The molecule has 8 heteroatoms. The molecule has 12 rings (SSSR count). The van der Waals surface area contributed by atoms with Crippen molar-refractivity contribution in [3.8, 4) is 34.0 Å². The summed E-state index contributed by atoms with van der Waals surface area (Å²) in [4.78, 5) is 25.4. The van der Waals surface area contributed by atoms with Crippen LogP contribution in [0.15, 0.2) is 186 Å². The predicted molar refractivity (Wildman–Crippen MR) is 269 cm³/mol. The number of imidazole rings is 2. The van der Waals surface area contributed by atoms with Crippen molar-refractivity contribution >= 4 is 45.5 Å². The molecular formula is C58H48N8. The molecule has 320 valence electrons. The Morgan fingerprint density at radius 3 is 2.32 bits per heavy atom. The molecule has 0 radical (unpaired) electrons. The van der Waals surface area contributed by atoms with Crippen LogP contribution in [0.5, 0.6) is 0 Å². The highest BCUT2D eigenvalue weighted by Gasteiger charge is 2.46. The number of hydrogen-bond donors (Lipinski definition) is 1. The Morgan fingerprint density at radius 2 is 1.52 bits per heavy atom. The Morgan fingerprint density at radius 1 is 0.758 bits per heavy atom. The van der Waals surface area contributed by atoms with Crippen molar-refractivity contribution < 1.29 is 0 Å². The van der Waals surface area contributed by atoms with E-state index in [1.54, 1.807) is 6.20 Å². The van der Waals surface area contributed by atoms with E-state index in [1.807, 2.05) is 36.5 Å². The zero-order chi connectivity index (χ0) is 44.5. The van der Waals surface area contributed by atoms with Gasteiger partial charge in [-0.25, -0.2) is 15.0 Å². The van der Waals surface area contributed by atoms with Crippen LogP contribution in [0.3, 0.4) is 0 Å². The molecule has 0 aliphatic heterocycles. The van der Waals surface area contributed by atoms with Gasteiger partial charge in [0.05, 0.1) is 62.3 Å². The minimum absolute atomic E-state index is 0.116. The lowest BCUT2D eigenvalue weighted by atomic mass is 9.74. The summed E-state index contributed by atoms with van der Waals surface area (Å²) in [5, 5.41) is 2.09. The maximum Gasteiger partial charge on any atom is 0.145 e. The number of rotatable bonds is 7. The fourth-order valence-corrected chi connectivity index (χ4v) is 10.5. The first kappa shape index (κ1) is 39.6. The summed E-state index contributed by atoms with van der Waals surface area (Å²) >= 11 is 0. The summed E-state index contributed by atoms with van der Waals surface area (Å²) in [6.45, 7) is 9.00. The molecule has 0 fully saturated rings. The molecule has 3 heterocycles. The Kier molecular flexibility index (Phi) is 9.38. The normalized spacial score (nSPS) is 19.2. The number of aliphatic imine (C=N–C) groups is 1. The SMILES string of the molecule is C=C1CCC=CC1=N/C=C(\N)C1=CC(c2nc3cc4c(cc3n2-c2ccccc2)C(C)(C)C2C=c3c(nc(-c5cccc(-c6cnc7ccccc7n6)c5)n3-c3ccccc3)=CC42)=CCC1. The van der Waals surface area contributed by atoms with E-state index >= 15 is 0 Å². The van der Waals surface area contributed by atoms with Gasteiger partial charge in [-0.05, 0) is 132 Å². The van der Waals surface area contributed by atoms with Gasteiger partial charge >= 0.3 is 0 Å². The highest BCUT2D eigenvalue weighted by Crippen LogP contribution is 2.54. The lowest BCUT2D eigenvalue weighted by Gasteiger charge is -2.29. The number of nitrogens with zero attached hydrogens (tertiary/aromatic N) is 7. The fraction of sp³-hybridized carbons (Fsp3) is 0.155. The number of aromatic nitrogens is 6. The molecule has 3 aromatic heterocycles. The van der Waals surface area contributed by atoms with Crippen molar-refractivity contribution in [2.24, 2.45) is 16.6 Å². The fourth-order valence-electron chi connectivity index (χ4n) is 10.5. The number of benzene rings is 5. The van der Waals surface area contributed by atoms with Crippen LogP contribution in [-0.2, 0) is 5.41 Å². The van der Waals surface area contributed by atoms with Gasteiger partial charge in [0.15, 0.2) is 0 Å². The lowest BCUT2D eigenvalue weighted by molar-refractivity contribution is 0.421. The van der Waals surface area contributed by atoms with Gasteiger partial charge < -0.3 is 5.73 Å². The largest absolute Gasteiger partial charge is 0.397 e. The third-order valence-corrected chi connectivity index (χ3v) is 13.9. The molecule has 0 saturated heterocycles. The molecule has 2 unspecified atom stereocenters. The third-order valence-electron chi connectivity index (χ3n) is 13.9. The first-order valence-corrected chi connectivity index (χ1v) is 22.9. The Bertz CT molecular complexity index is 3600. The van der Waals surface area contributed by atoms with E-state index in [0.29, 0.717) is 5.70 Å². The quantitative estimate of drug-likeness (QED) is 0.172. The number of allylic oxidation sites excluding steroid dienone is 7. The molecule has 0 saturated carbocycles. The van der Waals surface area contributed by atoms with Crippen molar-refractivity contribution in [1.82, 2.24) is 29.1 Å². The van der Waals surface area contributed by atoms with Crippen molar-refractivity contribution in [1.29, 1.82) is 0 Å². The number of hydrogen-bond acceptors (Lipinski definition) is 6. The number of para-hydroxylation sites is 4. The van der Waals surface area contributed by atoms with E-state index < -0.39 is 0 Å². The van der Waals surface area contributed by atoms with E-state index in [9.17, 15) is 0 Å². The zero-order valence-electron chi connectivity index (χ0n) is 37.1. The second kappa shape index (κ2) is 15.6. The van der Waals surface area contributed by atoms with Gasteiger partial charge in [0.1, 0.15) is 11.6 Å². The van der Waals surface area contributed by atoms with Gasteiger partial charge in [0.25, 0.3) is 0 Å². The van der Waals surface area contributed by atoms with Gasteiger partial charge in [-0.15, -0.1) is 0 Å². The summed E-state index contributed by atoms with van der Waals surface area (Å²) in [5.41, 5.74) is 22.7. The van der Waals surface area contributed by atoms with Crippen molar-refractivity contribution in [3.63, 3.8) is 0 Å². The maximum atomic E-state index is 6.75. The predicted octanol–water partition coefficient (Wildman–Crippen LogP) is 11.0. The standard InChI is InChI=1S/C58H48N8/c1-36-16-10-11-25-48(36)60-34-47(59)37-17-14-19-39(28-37)56-63-51-30-43-44-31-52-55(33-46(44)58(2,3)45(43)32-54(51)65(56)41-21-6-4-7-22-41)66(42-23-8-5-9-24-42)57(64-52)40-20-15-18-38(29-40)53-35-61-49-26-12-13-27-50(49)62-53/h4-9,11-13,15,18-35,44,46H,1,10,14,16-17,59H2,2-3H3/b47-34-,60-48?. The monoisotopic (exact) mass is 856 g/mol. The number of fused-ring (bicyclic) bond motifs is 6. The molecule has 8 nitrogen and oxygen atoms in total. The summed E-state index contributed by atoms with van der Waals surface area (Å²) in [5.74, 6) is 2.10. The smallest absolute Gasteiger partial charge is 0.145 e. The summed E-state index contributed by atoms with van der Waals surface area (Å²) in [6.07, 6.45) is 20.8. The topological polar surface area (TPSA) is 99.8 Å².